The zero-order valence-electron chi connectivity index (χ0n) is 12.1. The van der Waals surface area contributed by atoms with E-state index in [1.165, 1.54) is 82.8 Å². The minimum absolute atomic E-state index is 0.516. The van der Waals surface area contributed by atoms with E-state index < -0.39 is 0 Å². The van der Waals surface area contributed by atoms with Crippen molar-refractivity contribution in [3.8, 4) is 0 Å². The zero-order valence-corrected chi connectivity index (χ0v) is 12.1. The normalized spacial score (nSPS) is 31.9. The van der Waals surface area contributed by atoms with E-state index in [2.05, 4.69) is 13.0 Å². The molecule has 0 spiro atoms. The molecule has 0 amide bonds. The zero-order chi connectivity index (χ0) is 12.6. The minimum atomic E-state index is 0.516. The van der Waals surface area contributed by atoms with E-state index in [0.717, 1.165) is 5.92 Å². The number of fused-ring (bicyclic) bond motifs is 2. The van der Waals surface area contributed by atoms with Gasteiger partial charge in [0.1, 0.15) is 0 Å². The number of hydrogen-bond donors (Lipinski definition) is 0. The lowest BCUT2D eigenvalue weighted by Crippen LogP contribution is -2.11. The molecule has 2 aliphatic heterocycles. The predicted octanol–water partition coefficient (Wildman–Crippen LogP) is 5.60. The van der Waals surface area contributed by atoms with Crippen LogP contribution in [0.15, 0.2) is 11.8 Å². The van der Waals surface area contributed by atoms with E-state index in [4.69, 9.17) is 4.74 Å². The van der Waals surface area contributed by atoms with E-state index in [1.54, 1.807) is 0 Å². The Morgan fingerprint density at radius 2 is 1.50 bits per heavy atom. The fourth-order valence-corrected chi connectivity index (χ4v) is 3.24. The van der Waals surface area contributed by atoms with Gasteiger partial charge in [-0.25, -0.2) is 0 Å². The van der Waals surface area contributed by atoms with Crippen molar-refractivity contribution < 1.29 is 4.74 Å². The maximum atomic E-state index is 6.26. The maximum absolute atomic E-state index is 6.26. The van der Waals surface area contributed by atoms with Crippen LogP contribution in [0.4, 0.5) is 0 Å². The van der Waals surface area contributed by atoms with Crippen molar-refractivity contribution >= 4 is 0 Å². The van der Waals surface area contributed by atoms with Gasteiger partial charge in [0.15, 0.2) is 0 Å². The molecular weight excluding hydrogens is 220 g/mol. The van der Waals surface area contributed by atoms with Crippen LogP contribution in [-0.2, 0) is 4.74 Å². The molecule has 104 valence electrons. The molecule has 2 aliphatic rings. The Labute approximate surface area is 113 Å². The third kappa shape index (κ3) is 5.04. The van der Waals surface area contributed by atoms with Gasteiger partial charge in [-0.2, -0.15) is 0 Å². The van der Waals surface area contributed by atoms with Crippen LogP contribution in [0.2, 0.25) is 0 Å². The highest BCUT2D eigenvalue weighted by Gasteiger charge is 2.18. The van der Waals surface area contributed by atoms with Gasteiger partial charge in [0, 0.05) is 6.42 Å². The van der Waals surface area contributed by atoms with Crippen LogP contribution in [0.25, 0.3) is 0 Å². The summed E-state index contributed by atoms with van der Waals surface area (Å²) in [6.45, 7) is 2.34. The van der Waals surface area contributed by atoms with Crippen molar-refractivity contribution in [2.45, 2.75) is 90.1 Å². The lowest BCUT2D eigenvalue weighted by molar-refractivity contribution is 0.0949. The van der Waals surface area contributed by atoms with E-state index in [9.17, 15) is 0 Å². The lowest BCUT2D eigenvalue weighted by atomic mass is 9.99. The molecule has 0 aromatic rings. The molecule has 2 unspecified atom stereocenters. The van der Waals surface area contributed by atoms with Crippen molar-refractivity contribution in [2.24, 2.45) is 5.92 Å². The molecule has 1 nitrogen and oxygen atoms in total. The molecule has 0 radical (unpaired) electrons. The Balaban J connectivity index is 1.91. The summed E-state index contributed by atoms with van der Waals surface area (Å²) in [5.41, 5.74) is 0. The van der Waals surface area contributed by atoms with Crippen LogP contribution < -0.4 is 0 Å². The van der Waals surface area contributed by atoms with Crippen LogP contribution in [0.1, 0.15) is 84.0 Å². The third-order valence-electron chi connectivity index (χ3n) is 4.43. The monoisotopic (exact) mass is 250 g/mol. The first kappa shape index (κ1) is 14.0. The van der Waals surface area contributed by atoms with Crippen LogP contribution in [0, 0.1) is 5.92 Å². The van der Waals surface area contributed by atoms with Gasteiger partial charge in [-0.1, -0.05) is 45.4 Å². The SMILES string of the molecule is CC1C=C2CCCCCCCCCCC(CC1)O2. The second-order valence-corrected chi connectivity index (χ2v) is 6.29. The summed E-state index contributed by atoms with van der Waals surface area (Å²) in [4.78, 5) is 0. The Kier molecular flexibility index (Phi) is 6.10. The summed E-state index contributed by atoms with van der Waals surface area (Å²) >= 11 is 0. The molecule has 0 aromatic carbocycles. The average molecular weight is 250 g/mol. The molecule has 1 saturated heterocycles. The van der Waals surface area contributed by atoms with E-state index >= 15 is 0 Å². The summed E-state index contributed by atoms with van der Waals surface area (Å²) < 4.78 is 6.26. The van der Waals surface area contributed by atoms with Crippen LogP contribution >= 0.6 is 0 Å². The molecular formula is C17H30O. The van der Waals surface area contributed by atoms with Gasteiger partial charge < -0.3 is 4.74 Å². The summed E-state index contributed by atoms with van der Waals surface area (Å²) in [5.74, 6) is 2.03. The third-order valence-corrected chi connectivity index (χ3v) is 4.43. The molecule has 2 heterocycles. The van der Waals surface area contributed by atoms with Crippen LogP contribution in [0.3, 0.4) is 0 Å². The standard InChI is InChI=1S/C17H30O/c1-15-12-13-16-10-8-6-4-2-3-5-7-9-11-17(14-15)18-16/h14-16H,2-13H2,1H3. The van der Waals surface area contributed by atoms with Crippen molar-refractivity contribution in [1.29, 1.82) is 0 Å². The smallest absolute Gasteiger partial charge is 0.0982 e. The highest BCUT2D eigenvalue weighted by molar-refractivity contribution is 4.99. The second kappa shape index (κ2) is 7.86. The topological polar surface area (TPSA) is 9.23 Å². The highest BCUT2D eigenvalue weighted by atomic mass is 16.5. The molecule has 1 heteroatoms. The fourth-order valence-electron chi connectivity index (χ4n) is 3.24. The first-order valence-corrected chi connectivity index (χ1v) is 8.22. The van der Waals surface area contributed by atoms with Gasteiger partial charge in [0.2, 0.25) is 0 Å². The molecule has 0 aromatic heterocycles. The summed E-state index contributed by atoms with van der Waals surface area (Å²) in [7, 11) is 0. The number of ether oxygens (including phenoxy) is 1. The summed E-state index contributed by atoms with van der Waals surface area (Å²) in [5, 5.41) is 0. The minimum Gasteiger partial charge on any atom is -0.495 e. The Bertz CT molecular complexity index is 256. The molecule has 0 N–H and O–H groups in total. The maximum Gasteiger partial charge on any atom is 0.0982 e. The summed E-state index contributed by atoms with van der Waals surface area (Å²) in [6, 6.07) is 0. The van der Waals surface area contributed by atoms with Gasteiger partial charge in [-0.3, -0.25) is 0 Å². The van der Waals surface area contributed by atoms with Crippen molar-refractivity contribution in [3.05, 3.63) is 11.8 Å². The van der Waals surface area contributed by atoms with Gasteiger partial charge in [-0.15, -0.1) is 0 Å². The summed E-state index contributed by atoms with van der Waals surface area (Å²) in [6.07, 6.45) is 19.2. The van der Waals surface area contributed by atoms with E-state index in [-0.39, 0.29) is 0 Å². The highest BCUT2D eigenvalue weighted by Crippen LogP contribution is 2.27. The largest absolute Gasteiger partial charge is 0.495 e. The second-order valence-electron chi connectivity index (χ2n) is 6.29. The molecule has 2 atom stereocenters. The first-order chi connectivity index (χ1) is 8.84. The molecule has 18 heavy (non-hydrogen) atoms. The Morgan fingerprint density at radius 1 is 0.833 bits per heavy atom. The van der Waals surface area contributed by atoms with E-state index in [1.807, 2.05) is 0 Å². The Morgan fingerprint density at radius 3 is 2.28 bits per heavy atom. The van der Waals surface area contributed by atoms with Crippen LogP contribution in [-0.4, -0.2) is 6.10 Å². The van der Waals surface area contributed by atoms with Gasteiger partial charge in [0.25, 0.3) is 0 Å². The van der Waals surface area contributed by atoms with Gasteiger partial charge in [0.05, 0.1) is 11.9 Å². The predicted molar refractivity (Wildman–Crippen MR) is 77.5 cm³/mol. The van der Waals surface area contributed by atoms with Gasteiger partial charge in [-0.05, 0) is 44.1 Å². The molecule has 0 aliphatic carbocycles. The lowest BCUT2D eigenvalue weighted by Gasteiger charge is -2.18. The van der Waals surface area contributed by atoms with Crippen molar-refractivity contribution in [1.82, 2.24) is 0 Å². The van der Waals surface area contributed by atoms with E-state index in [0.29, 0.717) is 6.10 Å². The molecule has 0 saturated carbocycles. The number of rotatable bonds is 0. The number of allylic oxidation sites excluding steroid dienone is 2. The molecule has 1 fully saturated rings. The van der Waals surface area contributed by atoms with Crippen molar-refractivity contribution in [2.75, 3.05) is 0 Å². The molecule has 2 bridgehead atoms. The number of hydrogen-bond acceptors (Lipinski definition) is 1. The average Bonchev–Trinajstić information content (AvgIpc) is 2.52. The Hall–Kier alpha value is -0.460. The first-order valence-electron chi connectivity index (χ1n) is 8.22. The van der Waals surface area contributed by atoms with Gasteiger partial charge >= 0.3 is 0 Å². The molecule has 2 rings (SSSR count). The van der Waals surface area contributed by atoms with Crippen molar-refractivity contribution in [3.63, 3.8) is 0 Å². The quantitative estimate of drug-likeness (QED) is 0.543. The van der Waals surface area contributed by atoms with Crippen LogP contribution in [0.5, 0.6) is 0 Å². The fraction of sp³-hybridized carbons (Fsp3) is 0.882.